The molecule has 0 unspecified atom stereocenters. The number of halogens is 7. The van der Waals surface area contributed by atoms with Gasteiger partial charge in [0.2, 0.25) is 0 Å². The van der Waals surface area contributed by atoms with Gasteiger partial charge in [-0.05, 0) is 53.0 Å². The van der Waals surface area contributed by atoms with E-state index in [0.717, 1.165) is 22.2 Å². The average molecular weight is 507 g/mol. The Morgan fingerprint density at radius 3 is 2.06 bits per heavy atom. The molecule has 0 bridgehead atoms. The lowest BCUT2D eigenvalue weighted by Crippen LogP contribution is -2.29. The Balaban J connectivity index is 2.01. The van der Waals surface area contributed by atoms with E-state index in [2.05, 4.69) is 21.0 Å². The Morgan fingerprint density at radius 1 is 0.935 bits per heavy atom. The Bertz CT molecular complexity index is 978. The van der Waals surface area contributed by atoms with E-state index in [9.17, 15) is 31.4 Å². The zero-order chi connectivity index (χ0) is 22.8. The van der Waals surface area contributed by atoms with Gasteiger partial charge in [-0.3, -0.25) is 0 Å². The maximum Gasteiger partial charge on any atom is 0.416 e. The van der Waals surface area contributed by atoms with Crippen molar-refractivity contribution in [3.8, 4) is 0 Å². The zero-order valence-electron chi connectivity index (χ0n) is 16.0. The topological polar surface area (TPSA) is 38.4 Å². The molecule has 0 fully saturated rings. The molecule has 0 amide bonds. The molecule has 0 atom stereocenters. The van der Waals surface area contributed by atoms with Crippen molar-refractivity contribution < 1.29 is 36.1 Å². The summed E-state index contributed by atoms with van der Waals surface area (Å²) < 4.78 is 80.7. The molecule has 166 valence electrons. The number of hydrogen-bond acceptors (Lipinski definition) is 2. The summed E-state index contributed by atoms with van der Waals surface area (Å²) in [7, 11) is 0. The van der Waals surface area contributed by atoms with Crippen molar-refractivity contribution in [1.82, 2.24) is 0 Å². The van der Waals surface area contributed by atoms with E-state index in [1.54, 1.807) is 0 Å². The highest BCUT2D eigenvalue weighted by Crippen LogP contribution is 2.36. The third-order valence-electron chi connectivity index (χ3n) is 4.82. The van der Waals surface area contributed by atoms with E-state index in [1.807, 2.05) is 24.3 Å². The fourth-order valence-electron chi connectivity index (χ4n) is 3.26. The molecule has 0 saturated carbocycles. The van der Waals surface area contributed by atoms with Gasteiger partial charge >= 0.3 is 12.4 Å². The van der Waals surface area contributed by atoms with Gasteiger partial charge in [0.25, 0.3) is 0 Å². The summed E-state index contributed by atoms with van der Waals surface area (Å²) in [5.41, 5.74) is -2.11. The summed E-state index contributed by atoms with van der Waals surface area (Å²) in [5.74, 6) is -1.15. The molecule has 0 N–H and O–H groups in total. The van der Waals surface area contributed by atoms with Gasteiger partial charge in [0.15, 0.2) is 12.3 Å². The Morgan fingerprint density at radius 2 is 1.52 bits per heavy atom. The van der Waals surface area contributed by atoms with Crippen LogP contribution in [0.1, 0.15) is 41.5 Å². The molecule has 0 aliphatic carbocycles. The van der Waals surface area contributed by atoms with Crippen molar-refractivity contribution in [3.63, 3.8) is 0 Å². The molecule has 3 rings (SSSR count). The molecular weight excluding hydrogens is 490 g/mol. The lowest BCUT2D eigenvalue weighted by molar-refractivity contribution is -0.543. The summed E-state index contributed by atoms with van der Waals surface area (Å²) in [5, 5.41) is 16.4. The highest BCUT2D eigenvalue weighted by molar-refractivity contribution is 9.10. The lowest BCUT2D eigenvalue weighted by atomic mass is 10.0. The second-order valence-corrected chi connectivity index (χ2v) is 8.07. The van der Waals surface area contributed by atoms with Gasteiger partial charge in [0.1, 0.15) is 0 Å². The monoisotopic (exact) mass is 506 g/mol. The van der Waals surface area contributed by atoms with E-state index in [1.165, 1.54) is 4.68 Å². The van der Waals surface area contributed by atoms with Gasteiger partial charge < -0.3 is 5.11 Å². The molecule has 31 heavy (non-hydrogen) atoms. The first-order valence-corrected chi connectivity index (χ1v) is 10.1. The van der Waals surface area contributed by atoms with E-state index in [-0.39, 0.29) is 6.07 Å². The van der Waals surface area contributed by atoms with Crippen LogP contribution < -0.4 is 5.11 Å². The Hall–Kier alpha value is -2.36. The van der Waals surface area contributed by atoms with Crippen LogP contribution in [0.2, 0.25) is 0 Å². The predicted molar refractivity (Wildman–Crippen MR) is 105 cm³/mol. The highest BCUT2D eigenvalue weighted by Gasteiger charge is 2.37. The van der Waals surface area contributed by atoms with E-state index in [4.69, 9.17) is 0 Å². The van der Waals surface area contributed by atoms with Gasteiger partial charge in [-0.1, -0.05) is 32.7 Å². The van der Waals surface area contributed by atoms with Crippen LogP contribution >= 0.6 is 15.9 Å². The molecule has 1 aliphatic rings. The van der Waals surface area contributed by atoms with Crippen molar-refractivity contribution >= 4 is 27.5 Å². The van der Waals surface area contributed by atoms with Crippen molar-refractivity contribution in [2.75, 3.05) is 6.54 Å². The molecule has 1 heterocycles. The van der Waals surface area contributed by atoms with Crippen molar-refractivity contribution in [3.05, 3.63) is 69.2 Å². The van der Waals surface area contributed by atoms with Gasteiger partial charge in [-0.2, -0.15) is 26.3 Å². The molecular formula is C21H17BrF6N2O. The summed E-state index contributed by atoms with van der Waals surface area (Å²) in [6.07, 6.45) is -7.39. The maximum absolute atomic E-state index is 13.1. The second kappa shape index (κ2) is 9.02. The maximum atomic E-state index is 13.1. The molecule has 10 heteroatoms. The molecule has 2 aromatic carbocycles. The minimum absolute atomic E-state index is 0.0111. The number of hydrazone groups is 1. The number of nitrogens with zero attached hydrogens (tertiary/aromatic N) is 2. The third-order valence-corrected chi connectivity index (χ3v) is 5.35. The first-order chi connectivity index (χ1) is 14.4. The van der Waals surface area contributed by atoms with Crippen LogP contribution in [0.5, 0.6) is 0 Å². The van der Waals surface area contributed by atoms with Crippen LogP contribution in [0.4, 0.5) is 26.3 Å². The van der Waals surface area contributed by atoms with Crippen LogP contribution in [0.3, 0.4) is 0 Å². The number of hydrogen-bond donors (Lipinski definition) is 0. The minimum atomic E-state index is -5.03. The van der Waals surface area contributed by atoms with E-state index >= 15 is 0 Å². The highest BCUT2D eigenvalue weighted by atomic mass is 79.9. The predicted octanol–water partition coefficient (Wildman–Crippen LogP) is 5.39. The first-order valence-electron chi connectivity index (χ1n) is 9.35. The lowest BCUT2D eigenvalue weighted by Gasteiger charge is -2.17. The van der Waals surface area contributed by atoms with E-state index in [0.29, 0.717) is 37.9 Å². The van der Waals surface area contributed by atoms with Crippen LogP contribution in [-0.4, -0.2) is 22.8 Å². The molecule has 3 nitrogen and oxygen atoms in total. The van der Waals surface area contributed by atoms with Gasteiger partial charge in [-0.25, -0.2) is 0 Å². The molecule has 1 aliphatic heterocycles. The smallest absolute Gasteiger partial charge is 0.416 e. The molecule has 0 radical (unpaired) electrons. The van der Waals surface area contributed by atoms with Gasteiger partial charge in [0, 0.05) is 17.3 Å². The third kappa shape index (κ3) is 6.09. The Labute approximate surface area is 182 Å². The van der Waals surface area contributed by atoms with Crippen molar-refractivity contribution in [1.29, 1.82) is 0 Å². The molecule has 0 spiro atoms. The van der Waals surface area contributed by atoms with Crippen LogP contribution in [0, 0.1) is 0 Å². The van der Waals surface area contributed by atoms with Crippen molar-refractivity contribution in [2.45, 2.75) is 38.0 Å². The summed E-state index contributed by atoms with van der Waals surface area (Å²) >= 11 is 3.34. The quantitative estimate of drug-likeness (QED) is 0.237. The van der Waals surface area contributed by atoms with Crippen molar-refractivity contribution in [2.24, 2.45) is 5.10 Å². The minimum Gasteiger partial charge on any atom is -0.854 e. The first kappa shape index (κ1) is 23.3. The number of alkyl halides is 6. The second-order valence-electron chi connectivity index (χ2n) is 7.15. The summed E-state index contributed by atoms with van der Waals surface area (Å²) in [6.45, 7) is 0.364. The van der Waals surface area contributed by atoms with Gasteiger partial charge in [0.05, 0.1) is 23.4 Å². The SMILES string of the molecule is [O-]/C(=N\[N+]1=C(Cc2ccc(Br)cc2)CCCC1)c1cc(C(F)(F)F)cc(C(F)(F)F)c1. The van der Waals surface area contributed by atoms with Gasteiger partial charge in [-0.15, -0.1) is 0 Å². The van der Waals surface area contributed by atoms with Crippen LogP contribution in [0.25, 0.3) is 0 Å². The van der Waals surface area contributed by atoms with E-state index < -0.39 is 34.9 Å². The summed E-state index contributed by atoms with van der Waals surface area (Å²) in [6, 6.07) is 8.27. The number of rotatable bonds is 4. The largest absolute Gasteiger partial charge is 0.854 e. The zero-order valence-corrected chi connectivity index (χ0v) is 17.6. The molecule has 0 saturated heterocycles. The fourth-order valence-corrected chi connectivity index (χ4v) is 3.53. The number of benzene rings is 2. The van der Waals surface area contributed by atoms with Crippen LogP contribution in [-0.2, 0) is 18.8 Å². The van der Waals surface area contributed by atoms with Crippen LogP contribution in [0.15, 0.2) is 52.0 Å². The standard InChI is InChI=1S/C21H17BrF6N2O/c22-17-6-4-13(5-7-17)9-18-3-1-2-8-30(18)29-19(31)14-10-15(20(23,24)25)12-16(11-14)21(26,27)28/h4-7,10-12H,1-3,8-9H2. The fraction of sp³-hybridized carbons (Fsp3) is 0.333. The molecule has 2 aromatic rings. The molecule has 0 aromatic heterocycles. The normalized spacial score (nSPS) is 16.0. The summed E-state index contributed by atoms with van der Waals surface area (Å²) in [4.78, 5) is 0. The average Bonchev–Trinajstić information content (AvgIpc) is 2.69. The Kier molecular flexibility index (Phi) is 6.78.